The lowest BCUT2D eigenvalue weighted by atomic mass is 10.2. The molecule has 2 heterocycles. The first-order valence-electron chi connectivity index (χ1n) is 6.38. The first-order chi connectivity index (χ1) is 10.9. The summed E-state index contributed by atoms with van der Waals surface area (Å²) in [6, 6.07) is 6.64. The lowest BCUT2D eigenvalue weighted by Gasteiger charge is -2.08. The van der Waals surface area contributed by atoms with E-state index in [0.717, 1.165) is 26.1 Å². The molecule has 0 saturated heterocycles. The van der Waals surface area contributed by atoms with Gasteiger partial charge in [-0.3, -0.25) is 9.27 Å². The van der Waals surface area contributed by atoms with E-state index in [1.807, 2.05) is 10.1 Å². The first kappa shape index (κ1) is 16.1. The van der Waals surface area contributed by atoms with Crippen LogP contribution in [0.3, 0.4) is 0 Å². The van der Waals surface area contributed by atoms with Crippen molar-refractivity contribution in [2.45, 2.75) is 6.54 Å². The molecule has 0 amide bonds. The molecule has 3 N–H and O–H groups in total. The fourth-order valence-corrected chi connectivity index (χ4v) is 3.99. The number of aromatic nitrogens is 2. The van der Waals surface area contributed by atoms with E-state index in [9.17, 15) is 8.42 Å². The molecule has 0 aliphatic heterocycles. The van der Waals surface area contributed by atoms with E-state index < -0.39 is 10.3 Å². The first-order valence-corrected chi connectivity index (χ1v) is 9.49. The average Bonchev–Trinajstić information content (AvgIpc) is 2.87. The zero-order valence-electron chi connectivity index (χ0n) is 11.5. The molecular weight excluding hydrogens is 404 g/mol. The lowest BCUT2D eigenvalue weighted by molar-refractivity contribution is 0.489. The largest absolute Gasteiger partial charge is 0.365 e. The maximum absolute atomic E-state index is 10.7. The molecule has 2 aromatic heterocycles. The van der Waals surface area contributed by atoms with Gasteiger partial charge in [0.1, 0.15) is 17.0 Å². The van der Waals surface area contributed by atoms with Crippen LogP contribution in [-0.2, 0) is 16.8 Å². The summed E-state index contributed by atoms with van der Waals surface area (Å²) >= 11 is 5.01. The fourth-order valence-electron chi connectivity index (χ4n) is 2.00. The Bertz CT molecular complexity index is 942. The molecule has 0 aliphatic carbocycles. The van der Waals surface area contributed by atoms with Gasteiger partial charge in [0, 0.05) is 16.4 Å². The fraction of sp³-hybridized carbons (Fsp3) is 0.0769. The number of halogens is 1. The summed E-state index contributed by atoms with van der Waals surface area (Å²) < 4.78 is 33.1. The van der Waals surface area contributed by atoms with Crippen LogP contribution in [0, 0.1) is 0 Å². The SMILES string of the molecule is O=S(=O)(O)Nc1ccc(CNc2ncnc3scc(Br)c23)cc1. The highest BCUT2D eigenvalue weighted by Crippen LogP contribution is 2.33. The number of hydrogen-bond donors (Lipinski definition) is 3. The summed E-state index contributed by atoms with van der Waals surface area (Å²) in [5.41, 5.74) is 1.23. The van der Waals surface area contributed by atoms with Crippen molar-refractivity contribution < 1.29 is 13.0 Å². The van der Waals surface area contributed by atoms with Gasteiger partial charge in [0.05, 0.1) is 11.1 Å². The molecule has 0 radical (unpaired) electrons. The molecule has 0 unspecified atom stereocenters. The second-order valence-electron chi connectivity index (χ2n) is 4.61. The summed E-state index contributed by atoms with van der Waals surface area (Å²) in [4.78, 5) is 9.35. The molecule has 10 heteroatoms. The molecule has 0 fully saturated rings. The standard InChI is InChI=1S/C13H11BrN4O3S2/c14-10-6-22-13-11(10)12(16-7-17-13)15-5-8-1-3-9(4-2-8)18-23(19,20)21/h1-4,6-7,18H,5H2,(H,15,16,17)(H,19,20,21). The van der Waals surface area contributed by atoms with E-state index in [4.69, 9.17) is 4.55 Å². The Kier molecular flexibility index (Phi) is 4.48. The van der Waals surface area contributed by atoms with Gasteiger partial charge >= 0.3 is 10.3 Å². The van der Waals surface area contributed by atoms with Gasteiger partial charge in [0.15, 0.2) is 0 Å². The molecule has 3 aromatic rings. The smallest absolute Gasteiger partial charge is 0.357 e. The number of anilines is 2. The van der Waals surface area contributed by atoms with Crippen molar-refractivity contribution in [3.05, 3.63) is 46.0 Å². The Morgan fingerprint density at radius 3 is 2.65 bits per heavy atom. The van der Waals surface area contributed by atoms with Gasteiger partial charge in [0.25, 0.3) is 0 Å². The molecule has 23 heavy (non-hydrogen) atoms. The molecule has 0 saturated carbocycles. The van der Waals surface area contributed by atoms with Crippen molar-refractivity contribution in [1.29, 1.82) is 0 Å². The van der Waals surface area contributed by atoms with Gasteiger partial charge in [-0.2, -0.15) is 8.42 Å². The Balaban J connectivity index is 1.74. The van der Waals surface area contributed by atoms with Crippen LogP contribution in [0.1, 0.15) is 5.56 Å². The van der Waals surface area contributed by atoms with Crippen LogP contribution in [0.4, 0.5) is 11.5 Å². The van der Waals surface area contributed by atoms with E-state index >= 15 is 0 Å². The molecule has 0 aliphatic rings. The summed E-state index contributed by atoms with van der Waals surface area (Å²) in [5, 5.41) is 6.13. The summed E-state index contributed by atoms with van der Waals surface area (Å²) in [6.45, 7) is 0.514. The Labute approximate surface area is 144 Å². The van der Waals surface area contributed by atoms with Crippen LogP contribution in [-0.4, -0.2) is 22.9 Å². The van der Waals surface area contributed by atoms with Crippen LogP contribution in [0.15, 0.2) is 40.4 Å². The quantitative estimate of drug-likeness (QED) is 0.553. The number of nitrogens with one attached hydrogen (secondary N) is 2. The average molecular weight is 415 g/mol. The number of thiophene rings is 1. The number of nitrogens with zero attached hydrogens (tertiary/aromatic N) is 2. The normalized spacial score (nSPS) is 11.6. The molecule has 0 bridgehead atoms. The zero-order valence-corrected chi connectivity index (χ0v) is 14.7. The van der Waals surface area contributed by atoms with Crippen molar-refractivity contribution in [3.8, 4) is 0 Å². The maximum Gasteiger partial charge on any atom is 0.357 e. The van der Waals surface area contributed by atoms with Crippen LogP contribution < -0.4 is 10.0 Å². The maximum atomic E-state index is 10.7. The van der Waals surface area contributed by atoms with E-state index in [0.29, 0.717) is 12.2 Å². The third-order valence-electron chi connectivity index (χ3n) is 2.99. The van der Waals surface area contributed by atoms with Crippen molar-refractivity contribution in [2.24, 2.45) is 0 Å². The molecule has 3 rings (SSSR count). The zero-order chi connectivity index (χ0) is 16.4. The Morgan fingerprint density at radius 1 is 1.22 bits per heavy atom. The Hall–Kier alpha value is -1.75. The van der Waals surface area contributed by atoms with Crippen LogP contribution in [0.25, 0.3) is 10.2 Å². The summed E-state index contributed by atoms with van der Waals surface area (Å²) in [7, 11) is -4.25. The monoisotopic (exact) mass is 414 g/mol. The minimum atomic E-state index is -4.25. The third-order valence-corrected chi connectivity index (χ3v) is 5.29. The highest BCUT2D eigenvalue weighted by molar-refractivity contribution is 9.10. The van der Waals surface area contributed by atoms with Gasteiger partial charge in [0.2, 0.25) is 0 Å². The second-order valence-corrected chi connectivity index (χ2v) is 7.48. The van der Waals surface area contributed by atoms with Crippen molar-refractivity contribution in [3.63, 3.8) is 0 Å². The number of rotatable bonds is 5. The second kappa shape index (κ2) is 6.40. The molecule has 0 atom stereocenters. The summed E-state index contributed by atoms with van der Waals surface area (Å²) in [6.07, 6.45) is 1.51. The van der Waals surface area contributed by atoms with E-state index in [1.54, 1.807) is 24.3 Å². The van der Waals surface area contributed by atoms with Crippen LogP contribution in [0.5, 0.6) is 0 Å². The van der Waals surface area contributed by atoms with Crippen molar-refractivity contribution in [2.75, 3.05) is 10.0 Å². The lowest BCUT2D eigenvalue weighted by Crippen LogP contribution is -2.10. The van der Waals surface area contributed by atoms with E-state index in [2.05, 4.69) is 31.2 Å². The van der Waals surface area contributed by atoms with Crippen LogP contribution >= 0.6 is 27.3 Å². The molecular formula is C13H11BrN4O3S2. The number of benzene rings is 1. The van der Waals surface area contributed by atoms with Gasteiger partial charge in [-0.1, -0.05) is 12.1 Å². The highest BCUT2D eigenvalue weighted by Gasteiger charge is 2.09. The molecule has 0 spiro atoms. The van der Waals surface area contributed by atoms with Crippen molar-refractivity contribution in [1.82, 2.24) is 9.97 Å². The minimum Gasteiger partial charge on any atom is -0.365 e. The number of fused-ring (bicyclic) bond motifs is 1. The number of hydrogen-bond acceptors (Lipinski definition) is 6. The van der Waals surface area contributed by atoms with Gasteiger partial charge in [-0.05, 0) is 33.6 Å². The van der Waals surface area contributed by atoms with E-state index in [-0.39, 0.29) is 0 Å². The molecule has 1 aromatic carbocycles. The predicted molar refractivity (Wildman–Crippen MR) is 94.1 cm³/mol. The predicted octanol–water partition coefficient (Wildman–Crippen LogP) is 3.28. The third kappa shape index (κ3) is 3.96. The molecule has 7 nitrogen and oxygen atoms in total. The Morgan fingerprint density at radius 2 is 1.96 bits per heavy atom. The van der Waals surface area contributed by atoms with Crippen LogP contribution in [0.2, 0.25) is 0 Å². The minimum absolute atomic E-state index is 0.293. The van der Waals surface area contributed by atoms with Gasteiger partial charge in [-0.25, -0.2) is 9.97 Å². The van der Waals surface area contributed by atoms with Gasteiger partial charge in [-0.15, -0.1) is 11.3 Å². The highest BCUT2D eigenvalue weighted by atomic mass is 79.9. The van der Waals surface area contributed by atoms with Gasteiger partial charge < -0.3 is 5.32 Å². The summed E-state index contributed by atoms with van der Waals surface area (Å²) in [5.74, 6) is 0.725. The van der Waals surface area contributed by atoms with E-state index in [1.165, 1.54) is 17.7 Å². The van der Waals surface area contributed by atoms with Crippen molar-refractivity contribution >= 4 is 59.3 Å². The molecule has 120 valence electrons. The topological polar surface area (TPSA) is 104 Å².